The Morgan fingerprint density at radius 2 is 1.81 bits per heavy atom. The SMILES string of the molecule is COc1cccc(-c2ccc(=O)n(CCNC(=O)COc3c(C)cc(C)cc3C)n2)c1. The maximum Gasteiger partial charge on any atom is 0.266 e. The largest absolute Gasteiger partial charge is 0.497 e. The van der Waals surface area contributed by atoms with Crippen LogP contribution in [0.25, 0.3) is 11.3 Å². The number of nitrogens with one attached hydrogen (secondary N) is 1. The van der Waals surface area contributed by atoms with Gasteiger partial charge in [0.2, 0.25) is 0 Å². The first kappa shape index (κ1) is 22.1. The van der Waals surface area contributed by atoms with Gasteiger partial charge in [0, 0.05) is 18.2 Å². The van der Waals surface area contributed by atoms with Crippen LogP contribution in [0, 0.1) is 20.8 Å². The van der Waals surface area contributed by atoms with Crippen LogP contribution in [0.4, 0.5) is 0 Å². The number of carbonyl (C=O) groups is 1. The van der Waals surface area contributed by atoms with Crippen LogP contribution >= 0.6 is 0 Å². The molecule has 7 nitrogen and oxygen atoms in total. The molecular formula is C24H27N3O4. The van der Waals surface area contributed by atoms with E-state index in [0.29, 0.717) is 11.4 Å². The van der Waals surface area contributed by atoms with Crippen molar-refractivity contribution in [3.05, 3.63) is 75.6 Å². The summed E-state index contributed by atoms with van der Waals surface area (Å²) >= 11 is 0. The van der Waals surface area contributed by atoms with E-state index in [1.165, 1.54) is 10.7 Å². The van der Waals surface area contributed by atoms with Crippen LogP contribution in [-0.4, -0.2) is 35.9 Å². The molecule has 0 spiro atoms. The van der Waals surface area contributed by atoms with Crippen molar-refractivity contribution in [2.75, 3.05) is 20.3 Å². The first-order valence-corrected chi connectivity index (χ1v) is 10.1. The predicted molar refractivity (Wildman–Crippen MR) is 120 cm³/mol. The second kappa shape index (κ2) is 9.93. The highest BCUT2D eigenvalue weighted by Crippen LogP contribution is 2.24. The average Bonchev–Trinajstić information content (AvgIpc) is 2.74. The van der Waals surface area contributed by atoms with Gasteiger partial charge >= 0.3 is 0 Å². The van der Waals surface area contributed by atoms with Crippen molar-refractivity contribution >= 4 is 5.91 Å². The molecule has 0 saturated carbocycles. The zero-order chi connectivity index (χ0) is 22.4. The van der Waals surface area contributed by atoms with Crippen LogP contribution in [0.1, 0.15) is 16.7 Å². The Bertz CT molecular complexity index is 1110. The Balaban J connectivity index is 1.58. The third-order valence-electron chi connectivity index (χ3n) is 4.83. The Morgan fingerprint density at radius 3 is 2.52 bits per heavy atom. The number of benzene rings is 2. The Hall–Kier alpha value is -3.61. The molecule has 1 N–H and O–H groups in total. The minimum Gasteiger partial charge on any atom is -0.497 e. The van der Waals surface area contributed by atoms with E-state index in [-0.39, 0.29) is 31.2 Å². The van der Waals surface area contributed by atoms with Gasteiger partial charge in [-0.3, -0.25) is 9.59 Å². The third kappa shape index (κ3) is 5.72. The number of methoxy groups -OCH3 is 1. The highest BCUT2D eigenvalue weighted by atomic mass is 16.5. The van der Waals surface area contributed by atoms with Gasteiger partial charge in [0.25, 0.3) is 11.5 Å². The molecule has 1 aromatic heterocycles. The van der Waals surface area contributed by atoms with E-state index in [0.717, 1.165) is 28.0 Å². The summed E-state index contributed by atoms with van der Waals surface area (Å²) in [6.07, 6.45) is 0. The summed E-state index contributed by atoms with van der Waals surface area (Å²) in [7, 11) is 1.60. The van der Waals surface area contributed by atoms with Crippen LogP contribution in [0.5, 0.6) is 11.5 Å². The first-order chi connectivity index (χ1) is 14.9. The maximum absolute atomic E-state index is 12.2. The number of rotatable bonds is 8. The smallest absolute Gasteiger partial charge is 0.266 e. The molecule has 7 heteroatoms. The van der Waals surface area contributed by atoms with Gasteiger partial charge in [-0.15, -0.1) is 0 Å². The monoisotopic (exact) mass is 421 g/mol. The molecule has 0 aliphatic carbocycles. The number of nitrogens with zero attached hydrogens (tertiary/aromatic N) is 2. The zero-order valence-corrected chi connectivity index (χ0v) is 18.3. The molecule has 0 atom stereocenters. The fourth-order valence-corrected chi connectivity index (χ4v) is 3.43. The van der Waals surface area contributed by atoms with E-state index in [4.69, 9.17) is 9.47 Å². The normalized spacial score (nSPS) is 10.6. The molecular weight excluding hydrogens is 394 g/mol. The van der Waals surface area contributed by atoms with Crippen molar-refractivity contribution in [3.63, 3.8) is 0 Å². The van der Waals surface area contributed by atoms with E-state index < -0.39 is 0 Å². The van der Waals surface area contributed by atoms with Gasteiger partial charge in [0.15, 0.2) is 6.61 Å². The number of aryl methyl sites for hydroxylation is 3. The molecule has 0 bridgehead atoms. The molecule has 1 amide bonds. The van der Waals surface area contributed by atoms with Crippen molar-refractivity contribution in [3.8, 4) is 22.8 Å². The van der Waals surface area contributed by atoms with Crippen LogP contribution < -0.4 is 20.3 Å². The van der Waals surface area contributed by atoms with Gasteiger partial charge in [-0.25, -0.2) is 4.68 Å². The predicted octanol–water partition coefficient (Wildman–Crippen LogP) is 3.04. The van der Waals surface area contributed by atoms with Crippen LogP contribution in [0.2, 0.25) is 0 Å². The highest BCUT2D eigenvalue weighted by molar-refractivity contribution is 5.77. The molecule has 162 valence electrons. The summed E-state index contributed by atoms with van der Waals surface area (Å²) < 4.78 is 12.3. The summed E-state index contributed by atoms with van der Waals surface area (Å²) in [5.74, 6) is 1.18. The average molecular weight is 421 g/mol. The standard InChI is InChI=1S/C24H27N3O4/c1-16-12-17(2)24(18(3)13-16)31-15-22(28)25-10-11-27-23(29)9-8-21(26-27)19-6-5-7-20(14-19)30-4/h5-9,12-14H,10-11,15H2,1-4H3,(H,25,28). The van der Waals surface area contributed by atoms with E-state index in [1.807, 2.05) is 57.2 Å². The van der Waals surface area contributed by atoms with Crippen LogP contribution in [-0.2, 0) is 11.3 Å². The molecule has 0 radical (unpaired) electrons. The van der Waals surface area contributed by atoms with Crippen LogP contribution in [0.3, 0.4) is 0 Å². The Kier molecular flexibility index (Phi) is 7.07. The second-order valence-corrected chi connectivity index (χ2v) is 7.38. The summed E-state index contributed by atoms with van der Waals surface area (Å²) in [4.78, 5) is 24.3. The van der Waals surface area contributed by atoms with Gasteiger partial charge in [0.05, 0.1) is 19.3 Å². The lowest BCUT2D eigenvalue weighted by molar-refractivity contribution is -0.123. The van der Waals surface area contributed by atoms with Gasteiger partial charge < -0.3 is 14.8 Å². The van der Waals surface area contributed by atoms with E-state index in [1.54, 1.807) is 13.2 Å². The van der Waals surface area contributed by atoms with Crippen LogP contribution in [0.15, 0.2) is 53.3 Å². The lowest BCUT2D eigenvalue weighted by Crippen LogP contribution is -2.34. The van der Waals surface area contributed by atoms with Crippen molar-refractivity contribution < 1.29 is 14.3 Å². The van der Waals surface area contributed by atoms with Gasteiger partial charge in [-0.1, -0.05) is 29.8 Å². The molecule has 3 rings (SSSR count). The van der Waals surface area contributed by atoms with Gasteiger partial charge in [-0.2, -0.15) is 5.10 Å². The van der Waals surface area contributed by atoms with E-state index >= 15 is 0 Å². The molecule has 0 saturated heterocycles. The zero-order valence-electron chi connectivity index (χ0n) is 18.3. The lowest BCUT2D eigenvalue weighted by Gasteiger charge is -2.13. The summed E-state index contributed by atoms with van der Waals surface area (Å²) in [5, 5.41) is 7.18. The number of hydrogen-bond acceptors (Lipinski definition) is 5. The highest BCUT2D eigenvalue weighted by Gasteiger charge is 2.09. The first-order valence-electron chi connectivity index (χ1n) is 10.1. The molecule has 2 aromatic carbocycles. The maximum atomic E-state index is 12.2. The molecule has 0 fully saturated rings. The van der Waals surface area contributed by atoms with Crippen molar-refractivity contribution in [1.29, 1.82) is 0 Å². The van der Waals surface area contributed by atoms with Crippen molar-refractivity contribution in [2.45, 2.75) is 27.3 Å². The summed E-state index contributed by atoms with van der Waals surface area (Å²) in [6.45, 7) is 6.38. The topological polar surface area (TPSA) is 82.5 Å². The number of hydrogen-bond donors (Lipinski definition) is 1. The molecule has 3 aromatic rings. The fraction of sp³-hybridized carbons (Fsp3) is 0.292. The van der Waals surface area contributed by atoms with E-state index in [2.05, 4.69) is 10.4 Å². The minimum atomic E-state index is -0.253. The summed E-state index contributed by atoms with van der Waals surface area (Å²) in [5.41, 5.74) is 4.41. The van der Waals surface area contributed by atoms with Crippen molar-refractivity contribution in [2.24, 2.45) is 0 Å². The molecule has 0 aliphatic heterocycles. The number of ether oxygens (including phenoxy) is 2. The quantitative estimate of drug-likeness (QED) is 0.605. The molecule has 0 aliphatic rings. The Morgan fingerprint density at radius 1 is 1.06 bits per heavy atom. The molecule has 1 heterocycles. The second-order valence-electron chi connectivity index (χ2n) is 7.38. The minimum absolute atomic E-state index is 0.0864. The summed E-state index contributed by atoms with van der Waals surface area (Å²) in [6, 6.07) is 14.6. The fourth-order valence-electron chi connectivity index (χ4n) is 3.43. The molecule has 0 unspecified atom stereocenters. The van der Waals surface area contributed by atoms with Crippen molar-refractivity contribution in [1.82, 2.24) is 15.1 Å². The van der Waals surface area contributed by atoms with E-state index in [9.17, 15) is 9.59 Å². The number of amides is 1. The number of aromatic nitrogens is 2. The Labute approximate surface area is 181 Å². The lowest BCUT2D eigenvalue weighted by atomic mass is 10.1. The number of carbonyl (C=O) groups excluding carboxylic acids is 1. The molecule has 31 heavy (non-hydrogen) atoms. The van der Waals surface area contributed by atoms with Gasteiger partial charge in [-0.05, 0) is 50.1 Å². The third-order valence-corrected chi connectivity index (χ3v) is 4.83. The van der Waals surface area contributed by atoms with Gasteiger partial charge in [0.1, 0.15) is 11.5 Å².